The quantitative estimate of drug-likeness (QED) is 0.510. The smallest absolute Gasteiger partial charge is 0.305 e. The lowest BCUT2D eigenvalue weighted by Gasteiger charge is -2.12. The van der Waals surface area contributed by atoms with E-state index in [1.165, 1.54) is 0 Å². The molecule has 1 atom stereocenters. The number of rotatable bonds is 10. The lowest BCUT2D eigenvalue weighted by atomic mass is 10.1. The second kappa shape index (κ2) is 10.4. The third-order valence-corrected chi connectivity index (χ3v) is 3.06. The summed E-state index contributed by atoms with van der Waals surface area (Å²) in [7, 11) is 0. The van der Waals surface area contributed by atoms with Gasteiger partial charge >= 0.3 is 5.97 Å². The molecule has 1 unspecified atom stereocenters. The minimum atomic E-state index is -0.462. The highest BCUT2D eigenvalue weighted by molar-refractivity contribution is 5.69. The monoisotopic (exact) mass is 279 g/mol. The molecule has 0 bridgehead atoms. The van der Waals surface area contributed by atoms with E-state index in [0.29, 0.717) is 19.6 Å². The van der Waals surface area contributed by atoms with Crippen LogP contribution >= 0.6 is 0 Å². The van der Waals surface area contributed by atoms with Crippen LogP contribution in [0.5, 0.6) is 0 Å². The Morgan fingerprint density at radius 2 is 2.00 bits per heavy atom. The van der Waals surface area contributed by atoms with Gasteiger partial charge in [-0.05, 0) is 31.9 Å². The normalized spacial score (nSPS) is 12.1. The lowest BCUT2D eigenvalue weighted by Crippen LogP contribution is -2.22. The number of carbonyl (C=O) groups is 1. The molecule has 0 radical (unpaired) electrons. The predicted octanol–water partition coefficient (Wildman–Crippen LogP) is 2.43. The molecule has 0 amide bonds. The number of unbranched alkanes of at least 4 members (excludes halogenated alkanes) is 2. The Labute approximate surface area is 121 Å². The molecule has 0 aliphatic carbocycles. The van der Waals surface area contributed by atoms with Crippen LogP contribution in [-0.4, -0.2) is 30.8 Å². The molecular formula is C16H25NO3. The Kier molecular flexibility index (Phi) is 8.67. The minimum Gasteiger partial charge on any atom is -0.466 e. The van der Waals surface area contributed by atoms with Gasteiger partial charge in [0.1, 0.15) is 0 Å². The third kappa shape index (κ3) is 7.26. The topological polar surface area (TPSA) is 58.6 Å². The average Bonchev–Trinajstić information content (AvgIpc) is 2.47. The largest absolute Gasteiger partial charge is 0.466 e. The molecule has 1 aromatic rings. The molecule has 2 N–H and O–H groups in total. The van der Waals surface area contributed by atoms with Crippen LogP contribution < -0.4 is 5.32 Å². The van der Waals surface area contributed by atoms with E-state index >= 15 is 0 Å². The highest BCUT2D eigenvalue weighted by Crippen LogP contribution is 2.10. The van der Waals surface area contributed by atoms with E-state index in [1.807, 2.05) is 37.3 Å². The Hall–Kier alpha value is -1.39. The van der Waals surface area contributed by atoms with Crippen LogP contribution in [-0.2, 0) is 9.53 Å². The van der Waals surface area contributed by atoms with Gasteiger partial charge in [0.2, 0.25) is 0 Å². The van der Waals surface area contributed by atoms with Crippen molar-refractivity contribution in [2.75, 3.05) is 19.7 Å². The molecule has 0 fully saturated rings. The van der Waals surface area contributed by atoms with Crippen LogP contribution in [0.3, 0.4) is 0 Å². The van der Waals surface area contributed by atoms with Gasteiger partial charge in [-0.1, -0.05) is 36.8 Å². The summed E-state index contributed by atoms with van der Waals surface area (Å²) >= 11 is 0. The van der Waals surface area contributed by atoms with Crippen molar-refractivity contribution < 1.29 is 14.6 Å². The summed E-state index contributed by atoms with van der Waals surface area (Å²) in [6.45, 7) is 3.69. The Bertz CT molecular complexity index is 367. The van der Waals surface area contributed by atoms with Crippen LogP contribution in [0.2, 0.25) is 0 Å². The average molecular weight is 279 g/mol. The molecule has 20 heavy (non-hydrogen) atoms. The van der Waals surface area contributed by atoms with E-state index in [1.54, 1.807) is 0 Å². The Balaban J connectivity index is 1.98. The summed E-state index contributed by atoms with van der Waals surface area (Å²) in [6.07, 6.45) is 2.90. The number of hydrogen-bond acceptors (Lipinski definition) is 4. The van der Waals surface area contributed by atoms with Gasteiger partial charge in [0.05, 0.1) is 12.7 Å². The summed E-state index contributed by atoms with van der Waals surface area (Å²) in [5.74, 6) is -0.111. The highest BCUT2D eigenvalue weighted by atomic mass is 16.5. The molecule has 1 aromatic carbocycles. The molecule has 0 saturated carbocycles. The molecule has 112 valence electrons. The van der Waals surface area contributed by atoms with Gasteiger partial charge < -0.3 is 15.2 Å². The van der Waals surface area contributed by atoms with Gasteiger partial charge in [-0.15, -0.1) is 0 Å². The summed E-state index contributed by atoms with van der Waals surface area (Å²) in [4.78, 5) is 11.1. The zero-order valence-electron chi connectivity index (χ0n) is 12.2. The van der Waals surface area contributed by atoms with Crippen molar-refractivity contribution in [3.63, 3.8) is 0 Å². The molecule has 4 heteroatoms. The van der Waals surface area contributed by atoms with Crippen molar-refractivity contribution >= 4 is 5.97 Å². The van der Waals surface area contributed by atoms with Crippen molar-refractivity contribution in [2.24, 2.45) is 0 Å². The first-order valence-corrected chi connectivity index (χ1v) is 7.33. The highest BCUT2D eigenvalue weighted by Gasteiger charge is 2.05. The second-order valence-electron chi connectivity index (χ2n) is 4.75. The molecule has 0 aliphatic heterocycles. The van der Waals surface area contributed by atoms with Crippen molar-refractivity contribution in [1.82, 2.24) is 5.32 Å². The molecular weight excluding hydrogens is 254 g/mol. The van der Waals surface area contributed by atoms with Crippen molar-refractivity contribution in [1.29, 1.82) is 0 Å². The number of aliphatic hydroxyl groups is 1. The van der Waals surface area contributed by atoms with Crippen molar-refractivity contribution in [3.8, 4) is 0 Å². The molecule has 0 aliphatic rings. The van der Waals surface area contributed by atoms with Crippen LogP contribution in [0, 0.1) is 0 Å². The van der Waals surface area contributed by atoms with E-state index in [9.17, 15) is 9.90 Å². The number of hydrogen-bond donors (Lipinski definition) is 2. The first-order chi connectivity index (χ1) is 9.74. The standard InChI is InChI=1S/C16H25NO3/c1-2-20-16(19)11-7-4-8-12-17-13-15(18)14-9-5-3-6-10-14/h3,5-6,9-10,15,17-18H,2,4,7-8,11-13H2,1H3. The maximum atomic E-state index is 11.1. The third-order valence-electron chi connectivity index (χ3n) is 3.06. The zero-order chi connectivity index (χ0) is 14.6. The molecule has 1 rings (SSSR count). The number of benzene rings is 1. The van der Waals surface area contributed by atoms with Crippen molar-refractivity contribution in [3.05, 3.63) is 35.9 Å². The fourth-order valence-electron chi connectivity index (χ4n) is 1.96. The van der Waals surface area contributed by atoms with Gasteiger partial charge in [-0.3, -0.25) is 4.79 Å². The van der Waals surface area contributed by atoms with E-state index in [0.717, 1.165) is 31.4 Å². The van der Waals surface area contributed by atoms with Crippen LogP contribution in [0.25, 0.3) is 0 Å². The number of nitrogens with one attached hydrogen (secondary N) is 1. The summed E-state index contributed by atoms with van der Waals surface area (Å²) in [6, 6.07) is 9.63. The SMILES string of the molecule is CCOC(=O)CCCCCNCC(O)c1ccccc1. The molecule has 0 aromatic heterocycles. The summed E-state index contributed by atoms with van der Waals surface area (Å²) < 4.78 is 4.86. The van der Waals surface area contributed by atoms with Crippen LogP contribution in [0.15, 0.2) is 30.3 Å². The first kappa shape index (κ1) is 16.7. The fourth-order valence-corrected chi connectivity index (χ4v) is 1.96. The maximum Gasteiger partial charge on any atom is 0.305 e. The molecule has 0 heterocycles. The van der Waals surface area contributed by atoms with E-state index < -0.39 is 6.10 Å². The van der Waals surface area contributed by atoms with E-state index in [4.69, 9.17) is 4.74 Å². The van der Waals surface area contributed by atoms with Gasteiger partial charge in [-0.2, -0.15) is 0 Å². The number of ether oxygens (including phenoxy) is 1. The number of aliphatic hydroxyl groups excluding tert-OH is 1. The predicted molar refractivity (Wildman–Crippen MR) is 79.4 cm³/mol. The summed E-state index contributed by atoms with van der Waals surface area (Å²) in [5, 5.41) is 13.2. The maximum absolute atomic E-state index is 11.1. The van der Waals surface area contributed by atoms with Crippen LogP contribution in [0.4, 0.5) is 0 Å². The van der Waals surface area contributed by atoms with Gasteiger partial charge in [0, 0.05) is 13.0 Å². The first-order valence-electron chi connectivity index (χ1n) is 7.33. The van der Waals surface area contributed by atoms with Gasteiger partial charge in [0.15, 0.2) is 0 Å². The van der Waals surface area contributed by atoms with E-state index in [2.05, 4.69) is 5.32 Å². The molecule has 0 spiro atoms. The van der Waals surface area contributed by atoms with E-state index in [-0.39, 0.29) is 5.97 Å². The van der Waals surface area contributed by atoms with Gasteiger partial charge in [-0.25, -0.2) is 0 Å². The molecule has 0 saturated heterocycles. The van der Waals surface area contributed by atoms with Crippen molar-refractivity contribution in [2.45, 2.75) is 38.7 Å². The lowest BCUT2D eigenvalue weighted by molar-refractivity contribution is -0.143. The van der Waals surface area contributed by atoms with Crippen LogP contribution in [0.1, 0.15) is 44.3 Å². The Morgan fingerprint density at radius 1 is 1.25 bits per heavy atom. The fraction of sp³-hybridized carbons (Fsp3) is 0.562. The minimum absolute atomic E-state index is 0.111. The Morgan fingerprint density at radius 3 is 2.70 bits per heavy atom. The molecule has 4 nitrogen and oxygen atoms in total. The number of carbonyl (C=O) groups excluding carboxylic acids is 1. The van der Waals surface area contributed by atoms with Gasteiger partial charge in [0.25, 0.3) is 0 Å². The number of esters is 1. The zero-order valence-corrected chi connectivity index (χ0v) is 12.2. The second-order valence-corrected chi connectivity index (χ2v) is 4.75. The summed E-state index contributed by atoms with van der Waals surface area (Å²) in [5.41, 5.74) is 0.933.